The lowest BCUT2D eigenvalue weighted by Gasteiger charge is -2.32. The molecule has 33 heavy (non-hydrogen) atoms. The van der Waals surface area contributed by atoms with Gasteiger partial charge in [0.1, 0.15) is 6.10 Å². The van der Waals surface area contributed by atoms with E-state index in [1.54, 1.807) is 24.3 Å². The van der Waals surface area contributed by atoms with Gasteiger partial charge in [0.25, 0.3) is 0 Å². The van der Waals surface area contributed by atoms with Gasteiger partial charge in [0.15, 0.2) is 11.6 Å². The summed E-state index contributed by atoms with van der Waals surface area (Å²) in [6.07, 6.45) is 4.07. The number of pyridine rings is 2. The Labute approximate surface area is 195 Å². The number of piperidine rings is 1. The highest BCUT2D eigenvalue weighted by molar-refractivity contribution is 5.68. The van der Waals surface area contributed by atoms with Gasteiger partial charge in [-0.1, -0.05) is 0 Å². The van der Waals surface area contributed by atoms with Crippen molar-refractivity contribution < 1.29 is 24.1 Å². The van der Waals surface area contributed by atoms with Crippen molar-refractivity contribution in [2.24, 2.45) is 0 Å². The standard InChI is InChI=1S/C24H34N4O5/c1-16(2)32-24(30)28-13-10-19(11-14-28)33-21-9-12-25-23(22(21)31-4)27-20-8-7-18(6-5-15-29)26-17(20)3/h7-9,12,16,19,29H,5-6,10-11,13-15H2,1-4H3,(H,25,27). The molecule has 3 heterocycles. The van der Waals surface area contributed by atoms with Gasteiger partial charge in [-0.25, -0.2) is 9.78 Å². The molecule has 0 aromatic carbocycles. The van der Waals surface area contributed by atoms with E-state index in [4.69, 9.17) is 19.3 Å². The number of carbonyl (C=O) groups excluding carboxylic acids is 1. The number of hydrogen-bond donors (Lipinski definition) is 2. The van der Waals surface area contributed by atoms with Crippen molar-refractivity contribution in [1.82, 2.24) is 14.9 Å². The molecule has 1 amide bonds. The van der Waals surface area contributed by atoms with Crippen LogP contribution in [0.2, 0.25) is 0 Å². The molecule has 0 aliphatic carbocycles. The molecular weight excluding hydrogens is 424 g/mol. The first-order valence-electron chi connectivity index (χ1n) is 11.4. The highest BCUT2D eigenvalue weighted by Crippen LogP contribution is 2.36. The van der Waals surface area contributed by atoms with Crippen LogP contribution in [0, 0.1) is 6.92 Å². The van der Waals surface area contributed by atoms with Gasteiger partial charge in [-0.05, 0) is 45.7 Å². The minimum absolute atomic E-state index is 0.0357. The molecule has 0 saturated carbocycles. The highest BCUT2D eigenvalue weighted by atomic mass is 16.6. The fraction of sp³-hybridized carbons (Fsp3) is 0.542. The number of aliphatic hydroxyl groups excluding tert-OH is 1. The smallest absolute Gasteiger partial charge is 0.410 e. The van der Waals surface area contributed by atoms with Crippen LogP contribution in [0.3, 0.4) is 0 Å². The molecule has 2 N–H and O–H groups in total. The molecule has 0 atom stereocenters. The van der Waals surface area contributed by atoms with Gasteiger partial charge in [-0.2, -0.15) is 0 Å². The number of aryl methyl sites for hydroxylation is 2. The van der Waals surface area contributed by atoms with Crippen LogP contribution < -0.4 is 14.8 Å². The fourth-order valence-electron chi connectivity index (χ4n) is 3.69. The number of ether oxygens (including phenoxy) is 3. The fourth-order valence-corrected chi connectivity index (χ4v) is 3.69. The van der Waals surface area contributed by atoms with Crippen molar-refractivity contribution in [3.63, 3.8) is 0 Å². The summed E-state index contributed by atoms with van der Waals surface area (Å²) in [6, 6.07) is 5.68. The molecule has 9 heteroatoms. The lowest BCUT2D eigenvalue weighted by Crippen LogP contribution is -2.42. The van der Waals surface area contributed by atoms with Crippen LogP contribution in [0.15, 0.2) is 24.4 Å². The zero-order valence-electron chi connectivity index (χ0n) is 19.8. The third-order valence-corrected chi connectivity index (χ3v) is 5.39. The first kappa shape index (κ1) is 24.6. The number of nitrogens with zero attached hydrogens (tertiary/aromatic N) is 3. The molecule has 2 aromatic rings. The Morgan fingerprint density at radius 1 is 1.27 bits per heavy atom. The SMILES string of the molecule is COc1c(OC2CCN(C(=O)OC(C)C)CC2)ccnc1Nc1ccc(CCCO)nc1C. The van der Waals surface area contributed by atoms with Gasteiger partial charge >= 0.3 is 6.09 Å². The van der Waals surface area contributed by atoms with E-state index in [9.17, 15) is 4.79 Å². The molecular formula is C24H34N4O5. The third kappa shape index (κ3) is 6.71. The second-order valence-corrected chi connectivity index (χ2v) is 8.32. The molecule has 9 nitrogen and oxygen atoms in total. The molecule has 180 valence electrons. The van der Waals surface area contributed by atoms with E-state index in [1.807, 2.05) is 32.9 Å². The predicted octanol–water partition coefficient (Wildman–Crippen LogP) is 3.85. The van der Waals surface area contributed by atoms with Gasteiger partial charge in [-0.15, -0.1) is 0 Å². The maximum absolute atomic E-state index is 12.1. The number of aromatic nitrogens is 2. The highest BCUT2D eigenvalue weighted by Gasteiger charge is 2.26. The molecule has 0 unspecified atom stereocenters. The molecule has 1 aliphatic heterocycles. The van der Waals surface area contributed by atoms with E-state index in [2.05, 4.69) is 15.3 Å². The average molecular weight is 459 g/mol. The molecule has 1 fully saturated rings. The summed E-state index contributed by atoms with van der Waals surface area (Å²) < 4.78 is 17.1. The summed E-state index contributed by atoms with van der Waals surface area (Å²) >= 11 is 0. The predicted molar refractivity (Wildman–Crippen MR) is 125 cm³/mol. The number of aliphatic hydroxyl groups is 1. The van der Waals surface area contributed by atoms with Crippen molar-refractivity contribution in [1.29, 1.82) is 0 Å². The average Bonchev–Trinajstić information content (AvgIpc) is 2.79. The summed E-state index contributed by atoms with van der Waals surface area (Å²) in [5, 5.41) is 12.3. The Hall–Kier alpha value is -3.07. The van der Waals surface area contributed by atoms with Crippen LogP contribution in [-0.2, 0) is 11.2 Å². The van der Waals surface area contributed by atoms with E-state index >= 15 is 0 Å². The maximum atomic E-state index is 12.1. The molecule has 0 radical (unpaired) electrons. The van der Waals surface area contributed by atoms with Crippen LogP contribution in [-0.4, -0.2) is 65.1 Å². The van der Waals surface area contributed by atoms with Crippen molar-refractivity contribution >= 4 is 17.6 Å². The van der Waals surface area contributed by atoms with Gasteiger partial charge in [0.05, 0.1) is 24.6 Å². The summed E-state index contributed by atoms with van der Waals surface area (Å²) in [4.78, 5) is 22.9. The first-order chi connectivity index (χ1) is 15.9. The second kappa shape index (κ2) is 11.7. The van der Waals surface area contributed by atoms with E-state index in [0.29, 0.717) is 49.7 Å². The molecule has 3 rings (SSSR count). The van der Waals surface area contributed by atoms with Crippen LogP contribution in [0.4, 0.5) is 16.3 Å². The van der Waals surface area contributed by atoms with Crippen molar-refractivity contribution in [3.8, 4) is 11.5 Å². The first-order valence-corrected chi connectivity index (χ1v) is 11.4. The quantitative estimate of drug-likeness (QED) is 0.584. The minimum atomic E-state index is -0.275. The van der Waals surface area contributed by atoms with E-state index < -0.39 is 0 Å². The number of methoxy groups -OCH3 is 1. The molecule has 1 aliphatic rings. The maximum Gasteiger partial charge on any atom is 0.410 e. The number of amides is 1. The van der Waals surface area contributed by atoms with Gasteiger partial charge < -0.3 is 29.5 Å². The lowest BCUT2D eigenvalue weighted by atomic mass is 10.1. The Morgan fingerprint density at radius 2 is 2.03 bits per heavy atom. The van der Waals surface area contributed by atoms with Crippen LogP contribution in [0.5, 0.6) is 11.5 Å². The summed E-state index contributed by atoms with van der Waals surface area (Å²) in [7, 11) is 1.59. The second-order valence-electron chi connectivity index (χ2n) is 8.32. The lowest BCUT2D eigenvalue weighted by molar-refractivity contribution is 0.0511. The van der Waals surface area contributed by atoms with Crippen molar-refractivity contribution in [2.45, 2.75) is 58.7 Å². The monoisotopic (exact) mass is 458 g/mol. The van der Waals surface area contributed by atoms with Crippen molar-refractivity contribution in [3.05, 3.63) is 35.8 Å². The largest absolute Gasteiger partial charge is 0.490 e. The molecule has 1 saturated heterocycles. The number of anilines is 2. The Bertz CT molecular complexity index is 929. The van der Waals surface area contributed by atoms with Gasteiger partial charge in [0.2, 0.25) is 5.75 Å². The Morgan fingerprint density at radius 3 is 2.67 bits per heavy atom. The molecule has 2 aromatic heterocycles. The van der Waals surface area contributed by atoms with Crippen LogP contribution >= 0.6 is 0 Å². The number of rotatable bonds is 9. The van der Waals surface area contributed by atoms with Crippen LogP contribution in [0.1, 0.15) is 44.5 Å². The van der Waals surface area contributed by atoms with Crippen LogP contribution in [0.25, 0.3) is 0 Å². The summed E-state index contributed by atoms with van der Waals surface area (Å²) in [6.45, 7) is 6.94. The Kier molecular flexibility index (Phi) is 8.71. The van der Waals surface area contributed by atoms with E-state index in [1.165, 1.54) is 0 Å². The molecule has 0 bridgehead atoms. The summed E-state index contributed by atoms with van der Waals surface area (Å²) in [5.74, 6) is 1.66. The number of nitrogens with one attached hydrogen (secondary N) is 1. The molecule has 0 spiro atoms. The normalized spacial score (nSPS) is 14.3. The number of hydrogen-bond acceptors (Lipinski definition) is 8. The van der Waals surface area contributed by atoms with Gasteiger partial charge in [0, 0.05) is 50.5 Å². The van der Waals surface area contributed by atoms with Gasteiger partial charge in [-0.3, -0.25) is 4.98 Å². The zero-order chi connectivity index (χ0) is 23.8. The number of likely N-dealkylation sites (tertiary alicyclic amines) is 1. The number of carbonyl (C=O) groups is 1. The van der Waals surface area contributed by atoms with E-state index in [-0.39, 0.29) is 24.9 Å². The Balaban J connectivity index is 1.66. The third-order valence-electron chi connectivity index (χ3n) is 5.39. The minimum Gasteiger partial charge on any atom is -0.490 e. The topological polar surface area (TPSA) is 106 Å². The van der Waals surface area contributed by atoms with E-state index in [0.717, 1.165) is 23.5 Å². The summed E-state index contributed by atoms with van der Waals surface area (Å²) in [5.41, 5.74) is 2.59. The zero-order valence-corrected chi connectivity index (χ0v) is 19.8. The van der Waals surface area contributed by atoms with Crippen molar-refractivity contribution in [2.75, 3.05) is 32.1 Å².